The van der Waals surface area contributed by atoms with Crippen molar-refractivity contribution < 1.29 is 10.0 Å². The van der Waals surface area contributed by atoms with Gasteiger partial charge in [-0.25, -0.2) is 4.98 Å². The summed E-state index contributed by atoms with van der Waals surface area (Å²) in [6.07, 6.45) is 1.51. The van der Waals surface area contributed by atoms with E-state index in [0.29, 0.717) is 6.42 Å². The second kappa shape index (κ2) is 5.21. The molecule has 0 aliphatic carbocycles. The summed E-state index contributed by atoms with van der Waals surface area (Å²) < 4.78 is 0. The molecule has 1 rings (SSSR count). The lowest BCUT2D eigenvalue weighted by atomic mass is 10.2. The zero-order valence-electron chi connectivity index (χ0n) is 8.75. The van der Waals surface area contributed by atoms with Gasteiger partial charge in [0.15, 0.2) is 0 Å². The molecular weight excluding hydrogens is 214 g/mol. The first-order valence-electron chi connectivity index (χ1n) is 4.69. The van der Waals surface area contributed by atoms with Gasteiger partial charge in [0.05, 0.1) is 4.92 Å². The number of aromatic nitrogens is 2. The third-order valence-electron chi connectivity index (χ3n) is 1.93. The lowest BCUT2D eigenvalue weighted by Gasteiger charge is -2.12. The van der Waals surface area contributed by atoms with Gasteiger partial charge >= 0.3 is 5.69 Å². The molecule has 0 amide bonds. The van der Waals surface area contributed by atoms with Gasteiger partial charge in [-0.2, -0.15) is 4.98 Å². The minimum Gasteiger partial charge on any atom is -0.396 e. The number of nitrogens with one attached hydrogen (secondary N) is 1. The van der Waals surface area contributed by atoms with Crippen LogP contribution in [0.1, 0.15) is 13.3 Å². The third-order valence-corrected chi connectivity index (χ3v) is 1.93. The highest BCUT2D eigenvalue weighted by Gasteiger charge is 2.17. The average Bonchev–Trinajstić information content (AvgIpc) is 2.17. The second-order valence-corrected chi connectivity index (χ2v) is 3.28. The average molecular weight is 227 g/mol. The fourth-order valence-electron chi connectivity index (χ4n) is 1.13. The Morgan fingerprint density at radius 2 is 2.44 bits per heavy atom. The molecule has 1 atom stereocenters. The van der Waals surface area contributed by atoms with E-state index in [1.165, 1.54) is 0 Å². The SMILES string of the molecule is CC(CCO)Nc1nc(N)ncc1[N+](=O)[O-]. The highest BCUT2D eigenvalue weighted by molar-refractivity contribution is 5.56. The van der Waals surface area contributed by atoms with E-state index in [1.807, 2.05) is 0 Å². The van der Waals surface area contributed by atoms with Crippen LogP contribution in [0.15, 0.2) is 6.20 Å². The smallest absolute Gasteiger partial charge is 0.329 e. The summed E-state index contributed by atoms with van der Waals surface area (Å²) in [4.78, 5) is 17.4. The van der Waals surface area contributed by atoms with E-state index in [4.69, 9.17) is 10.8 Å². The van der Waals surface area contributed by atoms with Crippen LogP contribution in [0.3, 0.4) is 0 Å². The Balaban J connectivity index is 2.92. The molecule has 1 unspecified atom stereocenters. The highest BCUT2D eigenvalue weighted by atomic mass is 16.6. The van der Waals surface area contributed by atoms with Crippen molar-refractivity contribution >= 4 is 17.5 Å². The Labute approximate surface area is 91.7 Å². The fourth-order valence-corrected chi connectivity index (χ4v) is 1.13. The molecule has 0 aliphatic rings. The normalized spacial score (nSPS) is 12.1. The summed E-state index contributed by atoms with van der Waals surface area (Å²) in [7, 11) is 0. The van der Waals surface area contributed by atoms with Crippen LogP contribution in [0, 0.1) is 10.1 Å². The maximum absolute atomic E-state index is 10.7. The van der Waals surface area contributed by atoms with E-state index < -0.39 is 4.92 Å². The summed E-state index contributed by atoms with van der Waals surface area (Å²) in [5.41, 5.74) is 5.11. The zero-order chi connectivity index (χ0) is 12.1. The first kappa shape index (κ1) is 12.1. The van der Waals surface area contributed by atoms with Crippen LogP contribution in [-0.4, -0.2) is 32.6 Å². The first-order chi connectivity index (χ1) is 7.54. The lowest BCUT2D eigenvalue weighted by Crippen LogP contribution is -2.19. The molecular formula is C8H13N5O3. The van der Waals surface area contributed by atoms with Crippen molar-refractivity contribution in [1.82, 2.24) is 9.97 Å². The second-order valence-electron chi connectivity index (χ2n) is 3.28. The quantitative estimate of drug-likeness (QED) is 0.482. The summed E-state index contributed by atoms with van der Waals surface area (Å²) in [5, 5.41) is 22.2. The molecule has 0 radical (unpaired) electrons. The predicted molar refractivity (Wildman–Crippen MR) is 57.9 cm³/mol. The molecule has 0 aromatic carbocycles. The van der Waals surface area contributed by atoms with Gasteiger partial charge in [0.25, 0.3) is 0 Å². The van der Waals surface area contributed by atoms with E-state index in [-0.39, 0.29) is 30.1 Å². The van der Waals surface area contributed by atoms with Gasteiger partial charge in [-0.3, -0.25) is 10.1 Å². The van der Waals surface area contributed by atoms with Crippen molar-refractivity contribution in [3.8, 4) is 0 Å². The molecule has 0 saturated heterocycles. The minimum absolute atomic E-state index is 0.0114. The summed E-state index contributed by atoms with van der Waals surface area (Å²) in [6.45, 7) is 1.76. The summed E-state index contributed by atoms with van der Waals surface area (Å²) in [5.74, 6) is 0.0303. The maximum Gasteiger partial charge on any atom is 0.329 e. The van der Waals surface area contributed by atoms with Crippen LogP contribution >= 0.6 is 0 Å². The topological polar surface area (TPSA) is 127 Å². The molecule has 0 spiro atoms. The van der Waals surface area contributed by atoms with E-state index in [2.05, 4.69) is 15.3 Å². The number of nitro groups is 1. The number of anilines is 2. The number of aliphatic hydroxyl groups is 1. The number of rotatable bonds is 5. The Bertz CT molecular complexity index is 384. The zero-order valence-corrected chi connectivity index (χ0v) is 8.75. The molecule has 88 valence electrons. The molecule has 16 heavy (non-hydrogen) atoms. The molecule has 0 saturated carbocycles. The largest absolute Gasteiger partial charge is 0.396 e. The van der Waals surface area contributed by atoms with Crippen LogP contribution in [0.4, 0.5) is 17.5 Å². The van der Waals surface area contributed by atoms with E-state index in [9.17, 15) is 10.1 Å². The van der Waals surface area contributed by atoms with Crippen molar-refractivity contribution in [2.45, 2.75) is 19.4 Å². The van der Waals surface area contributed by atoms with Gasteiger partial charge in [0, 0.05) is 12.6 Å². The van der Waals surface area contributed by atoms with Gasteiger partial charge < -0.3 is 16.2 Å². The minimum atomic E-state index is -0.590. The monoisotopic (exact) mass is 227 g/mol. The van der Waals surface area contributed by atoms with Gasteiger partial charge in [-0.05, 0) is 13.3 Å². The molecule has 0 bridgehead atoms. The molecule has 4 N–H and O–H groups in total. The van der Waals surface area contributed by atoms with Crippen molar-refractivity contribution in [2.75, 3.05) is 17.7 Å². The van der Waals surface area contributed by atoms with Crippen LogP contribution in [0.2, 0.25) is 0 Å². The first-order valence-corrected chi connectivity index (χ1v) is 4.69. The number of nitrogens with zero attached hydrogens (tertiary/aromatic N) is 3. The summed E-state index contributed by atoms with van der Waals surface area (Å²) >= 11 is 0. The molecule has 1 aromatic rings. The van der Waals surface area contributed by atoms with E-state index >= 15 is 0 Å². The van der Waals surface area contributed by atoms with Gasteiger partial charge in [0.2, 0.25) is 11.8 Å². The third kappa shape index (κ3) is 3.02. The number of nitrogen functional groups attached to an aromatic ring is 1. The Morgan fingerprint density at radius 1 is 1.75 bits per heavy atom. The molecule has 8 nitrogen and oxygen atoms in total. The molecule has 1 heterocycles. The van der Waals surface area contributed by atoms with Gasteiger partial charge in [-0.1, -0.05) is 0 Å². The predicted octanol–water partition coefficient (Wildman–Crippen LogP) is 0.150. The highest BCUT2D eigenvalue weighted by Crippen LogP contribution is 2.22. The standard InChI is InChI=1S/C8H13N5O3/c1-5(2-3-14)11-7-6(13(15)16)4-10-8(9)12-7/h4-5,14H,2-3H2,1H3,(H3,9,10,11,12). The molecule has 1 aromatic heterocycles. The van der Waals surface area contributed by atoms with Crippen LogP contribution in [0.5, 0.6) is 0 Å². The van der Waals surface area contributed by atoms with Gasteiger partial charge in [0.1, 0.15) is 6.20 Å². The Kier molecular flexibility index (Phi) is 3.95. The number of hydrogen-bond acceptors (Lipinski definition) is 7. The van der Waals surface area contributed by atoms with Crippen LogP contribution < -0.4 is 11.1 Å². The molecule has 0 fully saturated rings. The Hall–Kier alpha value is -1.96. The Morgan fingerprint density at radius 3 is 3.00 bits per heavy atom. The number of hydrogen-bond donors (Lipinski definition) is 3. The lowest BCUT2D eigenvalue weighted by molar-refractivity contribution is -0.384. The van der Waals surface area contributed by atoms with Crippen molar-refractivity contribution in [3.05, 3.63) is 16.3 Å². The maximum atomic E-state index is 10.7. The van der Waals surface area contributed by atoms with Crippen molar-refractivity contribution in [3.63, 3.8) is 0 Å². The molecule has 0 aliphatic heterocycles. The van der Waals surface area contributed by atoms with Gasteiger partial charge in [-0.15, -0.1) is 0 Å². The number of nitrogens with two attached hydrogens (primary N) is 1. The number of aliphatic hydroxyl groups excluding tert-OH is 1. The van der Waals surface area contributed by atoms with Crippen molar-refractivity contribution in [1.29, 1.82) is 0 Å². The fraction of sp³-hybridized carbons (Fsp3) is 0.500. The van der Waals surface area contributed by atoms with E-state index in [1.54, 1.807) is 6.92 Å². The van der Waals surface area contributed by atoms with Crippen LogP contribution in [-0.2, 0) is 0 Å². The summed E-state index contributed by atoms with van der Waals surface area (Å²) in [6, 6.07) is -0.141. The van der Waals surface area contributed by atoms with Crippen LogP contribution in [0.25, 0.3) is 0 Å². The van der Waals surface area contributed by atoms with E-state index in [0.717, 1.165) is 6.20 Å². The molecule has 8 heteroatoms. The van der Waals surface area contributed by atoms with Crippen molar-refractivity contribution in [2.24, 2.45) is 0 Å².